The number of nitrogens with one attached hydrogen (secondary N) is 1. The lowest BCUT2D eigenvalue weighted by molar-refractivity contribution is -0.124. The Morgan fingerprint density at radius 2 is 1.12 bits per heavy atom. The summed E-state index contributed by atoms with van der Waals surface area (Å²) in [6.07, 6.45) is 17.0. The predicted octanol–water partition coefficient (Wildman–Crippen LogP) is 4.77. The zero-order chi connectivity index (χ0) is 16.6. The third-order valence-corrected chi connectivity index (χ3v) is 10.5. The molecule has 0 radical (unpaired) electrons. The minimum atomic E-state index is 0.202. The first-order chi connectivity index (χ1) is 12.1. The molecule has 0 aromatic rings. The summed E-state index contributed by atoms with van der Waals surface area (Å²) in [4.78, 5) is 12.9. The van der Waals surface area contributed by atoms with E-state index in [0.29, 0.717) is 10.7 Å². The molecule has 138 valence electrons. The molecule has 0 heterocycles. The molecule has 0 spiro atoms. The van der Waals surface area contributed by atoms with E-state index in [9.17, 15) is 4.79 Å². The highest BCUT2D eigenvalue weighted by Crippen LogP contribution is 2.60. The number of amides is 1. The van der Waals surface area contributed by atoms with Crippen LogP contribution in [0.25, 0.3) is 0 Å². The Hall–Kier alpha value is -0.180. The molecule has 0 aliphatic heterocycles. The molecule has 8 saturated carbocycles. The van der Waals surface area contributed by atoms with Gasteiger partial charge >= 0.3 is 0 Å². The molecule has 8 aliphatic rings. The van der Waals surface area contributed by atoms with Crippen molar-refractivity contribution in [2.45, 2.75) is 87.3 Å². The second kappa shape index (κ2) is 5.42. The van der Waals surface area contributed by atoms with Crippen LogP contribution < -0.4 is 5.32 Å². The van der Waals surface area contributed by atoms with Crippen LogP contribution in [0.15, 0.2) is 0 Å². The molecule has 0 unspecified atom stereocenters. The van der Waals surface area contributed by atoms with Crippen molar-refractivity contribution in [2.75, 3.05) is 5.75 Å². The van der Waals surface area contributed by atoms with Crippen LogP contribution in [-0.4, -0.2) is 21.9 Å². The van der Waals surface area contributed by atoms with E-state index < -0.39 is 0 Å². The molecule has 8 rings (SSSR count). The van der Waals surface area contributed by atoms with E-state index in [1.807, 2.05) is 0 Å². The topological polar surface area (TPSA) is 29.1 Å². The van der Waals surface area contributed by atoms with Crippen molar-refractivity contribution in [3.8, 4) is 0 Å². The average Bonchev–Trinajstić information content (AvgIpc) is 2.50. The fourth-order valence-electron chi connectivity index (χ4n) is 9.02. The van der Waals surface area contributed by atoms with E-state index >= 15 is 0 Å². The predicted molar refractivity (Wildman–Crippen MR) is 102 cm³/mol. The van der Waals surface area contributed by atoms with Gasteiger partial charge in [0.15, 0.2) is 0 Å². The monoisotopic (exact) mass is 359 g/mol. The SMILES string of the molecule is O=C(CSC12CC3CC(CC(C3)C1)C2)NC12CC3CC(CC(C3)C1)C2. The summed E-state index contributed by atoms with van der Waals surface area (Å²) in [5.41, 5.74) is 0.202. The summed E-state index contributed by atoms with van der Waals surface area (Å²) in [6.45, 7) is 0. The number of carbonyl (C=O) groups is 1. The minimum Gasteiger partial charge on any atom is -0.350 e. The van der Waals surface area contributed by atoms with Gasteiger partial charge in [0.25, 0.3) is 0 Å². The first kappa shape index (κ1) is 15.8. The molecule has 0 saturated heterocycles. The summed E-state index contributed by atoms with van der Waals surface area (Å²) in [6, 6.07) is 0. The number of rotatable bonds is 4. The van der Waals surface area contributed by atoms with E-state index in [-0.39, 0.29) is 5.54 Å². The van der Waals surface area contributed by atoms with Gasteiger partial charge in [-0.05, 0) is 113 Å². The molecule has 2 nitrogen and oxygen atoms in total. The third-order valence-electron chi connectivity index (χ3n) is 8.93. The Morgan fingerprint density at radius 1 is 0.720 bits per heavy atom. The quantitative estimate of drug-likeness (QED) is 0.783. The second-order valence-corrected chi connectivity index (χ2v) is 12.6. The van der Waals surface area contributed by atoms with Gasteiger partial charge in [-0.2, -0.15) is 0 Å². The molecule has 8 aliphatic carbocycles. The largest absolute Gasteiger partial charge is 0.350 e. The second-order valence-electron chi connectivity index (χ2n) is 11.1. The Morgan fingerprint density at radius 3 is 1.56 bits per heavy atom. The van der Waals surface area contributed by atoms with Gasteiger partial charge in [-0.3, -0.25) is 4.79 Å². The first-order valence-electron chi connectivity index (χ1n) is 11.0. The molecular formula is C22H33NOS. The van der Waals surface area contributed by atoms with Crippen LogP contribution in [0, 0.1) is 35.5 Å². The van der Waals surface area contributed by atoms with Crippen LogP contribution in [-0.2, 0) is 4.79 Å². The van der Waals surface area contributed by atoms with Gasteiger partial charge in [-0.1, -0.05) is 0 Å². The molecular weight excluding hydrogens is 326 g/mol. The van der Waals surface area contributed by atoms with Gasteiger partial charge in [0.1, 0.15) is 0 Å². The summed E-state index contributed by atoms with van der Waals surface area (Å²) in [7, 11) is 0. The van der Waals surface area contributed by atoms with Crippen LogP contribution >= 0.6 is 11.8 Å². The van der Waals surface area contributed by atoms with Crippen molar-refractivity contribution in [1.82, 2.24) is 5.32 Å². The van der Waals surface area contributed by atoms with E-state index in [1.165, 1.54) is 77.0 Å². The highest BCUT2D eigenvalue weighted by molar-refractivity contribution is 8.01. The van der Waals surface area contributed by atoms with Crippen molar-refractivity contribution in [3.05, 3.63) is 0 Å². The molecule has 0 aromatic carbocycles. The standard InChI is InChI=1S/C22H33NOS/c24-20(23-21-7-14-1-15(8-21)3-16(2-14)9-21)13-25-22-10-17-4-18(11-22)6-19(5-17)12-22/h14-19H,1-13H2,(H,23,24). The maximum atomic E-state index is 12.9. The van der Waals surface area contributed by atoms with Crippen LogP contribution in [0.1, 0.15) is 77.0 Å². The number of thioether (sulfide) groups is 1. The van der Waals surface area contributed by atoms with Crippen molar-refractivity contribution in [2.24, 2.45) is 35.5 Å². The van der Waals surface area contributed by atoms with E-state index in [0.717, 1.165) is 41.3 Å². The van der Waals surface area contributed by atoms with Gasteiger partial charge in [-0.15, -0.1) is 11.8 Å². The zero-order valence-corrected chi connectivity index (χ0v) is 16.3. The lowest BCUT2D eigenvalue weighted by Crippen LogP contribution is -2.60. The number of carbonyl (C=O) groups excluding carboxylic acids is 1. The minimum absolute atomic E-state index is 0.202. The third kappa shape index (κ3) is 2.70. The summed E-state index contributed by atoms with van der Waals surface area (Å²) < 4.78 is 0.480. The number of hydrogen-bond donors (Lipinski definition) is 1. The number of hydrogen-bond acceptors (Lipinski definition) is 2. The van der Waals surface area contributed by atoms with Gasteiger partial charge in [0, 0.05) is 10.3 Å². The fourth-order valence-corrected chi connectivity index (χ4v) is 10.6. The van der Waals surface area contributed by atoms with Crippen molar-refractivity contribution in [3.63, 3.8) is 0 Å². The summed E-state index contributed by atoms with van der Waals surface area (Å²) in [5, 5.41) is 3.60. The first-order valence-corrected chi connectivity index (χ1v) is 12.0. The van der Waals surface area contributed by atoms with Crippen LogP contribution in [0.4, 0.5) is 0 Å². The van der Waals surface area contributed by atoms with E-state index in [2.05, 4.69) is 17.1 Å². The van der Waals surface area contributed by atoms with E-state index in [4.69, 9.17) is 0 Å². The van der Waals surface area contributed by atoms with Crippen LogP contribution in [0.2, 0.25) is 0 Å². The Bertz CT molecular complexity index is 514. The van der Waals surface area contributed by atoms with Crippen molar-refractivity contribution in [1.29, 1.82) is 0 Å². The van der Waals surface area contributed by atoms with E-state index in [1.54, 1.807) is 0 Å². The van der Waals surface area contributed by atoms with Gasteiger partial charge in [0.05, 0.1) is 5.75 Å². The lowest BCUT2D eigenvalue weighted by atomic mass is 9.53. The maximum Gasteiger partial charge on any atom is 0.230 e. The smallest absolute Gasteiger partial charge is 0.230 e. The van der Waals surface area contributed by atoms with Crippen molar-refractivity contribution < 1.29 is 4.79 Å². The highest BCUT2D eigenvalue weighted by atomic mass is 32.2. The van der Waals surface area contributed by atoms with Crippen LogP contribution in [0.3, 0.4) is 0 Å². The molecule has 1 N–H and O–H groups in total. The zero-order valence-electron chi connectivity index (χ0n) is 15.5. The van der Waals surface area contributed by atoms with Gasteiger partial charge < -0.3 is 5.32 Å². The average molecular weight is 360 g/mol. The molecule has 3 heteroatoms. The lowest BCUT2D eigenvalue weighted by Gasteiger charge is -2.57. The van der Waals surface area contributed by atoms with Crippen molar-refractivity contribution >= 4 is 17.7 Å². The fraction of sp³-hybridized carbons (Fsp3) is 0.955. The van der Waals surface area contributed by atoms with Crippen LogP contribution in [0.5, 0.6) is 0 Å². The molecule has 0 aromatic heterocycles. The van der Waals surface area contributed by atoms with Gasteiger partial charge in [-0.25, -0.2) is 0 Å². The summed E-state index contributed by atoms with van der Waals surface area (Å²) >= 11 is 2.06. The molecule has 0 atom stereocenters. The Balaban J connectivity index is 1.10. The molecule has 1 amide bonds. The van der Waals surface area contributed by atoms with Gasteiger partial charge in [0.2, 0.25) is 5.91 Å². The molecule has 8 fully saturated rings. The normalized spacial score (nSPS) is 54.9. The maximum absolute atomic E-state index is 12.9. The highest BCUT2D eigenvalue weighted by Gasteiger charge is 2.53. The summed E-state index contributed by atoms with van der Waals surface area (Å²) in [5.74, 6) is 6.82. The molecule has 8 bridgehead atoms. The Kier molecular flexibility index (Phi) is 3.44. The molecule has 25 heavy (non-hydrogen) atoms. The Labute approximate surface area is 156 Å².